The molecule has 0 aromatic heterocycles. The fourth-order valence-electron chi connectivity index (χ4n) is 3.22. The van der Waals surface area contributed by atoms with Gasteiger partial charge in [-0.3, -0.25) is 9.69 Å². The Balaban J connectivity index is 1.58. The number of halogens is 2. The fourth-order valence-corrected chi connectivity index (χ4v) is 3.34. The first-order valence-corrected chi connectivity index (χ1v) is 9.72. The molecule has 1 saturated heterocycles. The van der Waals surface area contributed by atoms with Crippen LogP contribution in [0.25, 0.3) is 0 Å². The zero-order valence-corrected chi connectivity index (χ0v) is 16.7. The predicted octanol–water partition coefficient (Wildman–Crippen LogP) is 2.96. The molecule has 0 aliphatic carbocycles. The van der Waals surface area contributed by atoms with E-state index < -0.39 is 0 Å². The van der Waals surface area contributed by atoms with E-state index in [0.717, 1.165) is 31.7 Å². The first kappa shape index (κ1) is 20.6. The molecule has 2 aromatic rings. The maximum Gasteiger partial charge on any atom is 0.258 e. The van der Waals surface area contributed by atoms with E-state index in [9.17, 15) is 9.18 Å². The molecule has 1 N–H and O–H groups in total. The van der Waals surface area contributed by atoms with Gasteiger partial charge in [-0.2, -0.15) is 0 Å². The summed E-state index contributed by atoms with van der Waals surface area (Å²) in [6.45, 7) is 4.10. The Morgan fingerprint density at radius 2 is 1.75 bits per heavy atom. The van der Waals surface area contributed by atoms with Crippen LogP contribution in [0.3, 0.4) is 0 Å². The molecule has 1 heterocycles. The molecule has 1 fully saturated rings. The molecule has 2 aromatic carbocycles. The molecule has 150 valence electrons. The van der Waals surface area contributed by atoms with Crippen LogP contribution in [0, 0.1) is 5.82 Å². The van der Waals surface area contributed by atoms with E-state index in [1.807, 2.05) is 0 Å². The minimum absolute atomic E-state index is 0.00576. The lowest BCUT2D eigenvalue weighted by molar-refractivity contribution is -0.123. The van der Waals surface area contributed by atoms with Crippen molar-refractivity contribution >= 4 is 17.5 Å². The second-order valence-electron chi connectivity index (χ2n) is 6.95. The van der Waals surface area contributed by atoms with Crippen molar-refractivity contribution in [3.8, 4) is 5.75 Å². The molecule has 0 spiro atoms. The lowest BCUT2D eigenvalue weighted by Crippen LogP contribution is -2.48. The van der Waals surface area contributed by atoms with Gasteiger partial charge in [0.1, 0.15) is 11.6 Å². The van der Waals surface area contributed by atoms with Gasteiger partial charge in [-0.15, -0.1) is 0 Å². The summed E-state index contributed by atoms with van der Waals surface area (Å²) in [5.41, 5.74) is 0.991. The Bertz CT molecular complexity index is 762. The van der Waals surface area contributed by atoms with Gasteiger partial charge in [0.05, 0.1) is 6.04 Å². The SMILES string of the molecule is CN1CCN([C@H](CNC(=O)COc2ccc(Cl)cc2)c2ccc(F)cc2)CC1. The number of rotatable bonds is 7. The number of hydrogen-bond acceptors (Lipinski definition) is 4. The zero-order valence-electron chi connectivity index (χ0n) is 15.9. The largest absolute Gasteiger partial charge is 0.484 e. The van der Waals surface area contributed by atoms with Gasteiger partial charge in [0, 0.05) is 37.7 Å². The van der Waals surface area contributed by atoms with E-state index in [0.29, 0.717) is 17.3 Å². The highest BCUT2D eigenvalue weighted by Gasteiger charge is 2.24. The maximum atomic E-state index is 13.3. The van der Waals surface area contributed by atoms with Gasteiger partial charge >= 0.3 is 0 Å². The van der Waals surface area contributed by atoms with Crippen LogP contribution in [0.15, 0.2) is 48.5 Å². The highest BCUT2D eigenvalue weighted by molar-refractivity contribution is 6.30. The lowest BCUT2D eigenvalue weighted by atomic mass is 10.0. The van der Waals surface area contributed by atoms with E-state index in [2.05, 4.69) is 22.2 Å². The van der Waals surface area contributed by atoms with Crippen LogP contribution < -0.4 is 10.1 Å². The van der Waals surface area contributed by atoms with Crippen LogP contribution in [0.1, 0.15) is 11.6 Å². The third-order valence-corrected chi connectivity index (χ3v) is 5.16. The molecule has 1 aliphatic rings. The number of hydrogen-bond donors (Lipinski definition) is 1. The summed E-state index contributed by atoms with van der Waals surface area (Å²) in [5, 5.41) is 3.56. The molecule has 0 bridgehead atoms. The van der Waals surface area contributed by atoms with Crippen LogP contribution in [0.2, 0.25) is 5.02 Å². The molecule has 5 nitrogen and oxygen atoms in total. The van der Waals surface area contributed by atoms with Crippen molar-refractivity contribution in [3.63, 3.8) is 0 Å². The molecule has 1 amide bonds. The Morgan fingerprint density at radius 3 is 2.39 bits per heavy atom. The highest BCUT2D eigenvalue weighted by atomic mass is 35.5. The number of nitrogens with one attached hydrogen (secondary N) is 1. The van der Waals surface area contributed by atoms with E-state index in [1.165, 1.54) is 12.1 Å². The lowest BCUT2D eigenvalue weighted by Gasteiger charge is -2.38. The summed E-state index contributed by atoms with van der Waals surface area (Å²) < 4.78 is 18.8. The van der Waals surface area contributed by atoms with Gasteiger partial charge in [-0.1, -0.05) is 23.7 Å². The van der Waals surface area contributed by atoms with Crippen LogP contribution in [-0.2, 0) is 4.79 Å². The molecule has 0 radical (unpaired) electrons. The Kier molecular flexibility index (Phi) is 7.25. The molecular formula is C21H25ClFN3O2. The molecular weight excluding hydrogens is 381 g/mol. The third kappa shape index (κ3) is 5.92. The smallest absolute Gasteiger partial charge is 0.258 e. The third-order valence-electron chi connectivity index (χ3n) is 4.91. The first-order chi connectivity index (χ1) is 13.5. The van der Waals surface area contributed by atoms with Crippen molar-refractivity contribution < 1.29 is 13.9 Å². The quantitative estimate of drug-likeness (QED) is 0.769. The summed E-state index contributed by atoms with van der Waals surface area (Å²) >= 11 is 5.84. The van der Waals surface area contributed by atoms with Crippen molar-refractivity contribution in [2.24, 2.45) is 0 Å². The fraction of sp³-hybridized carbons (Fsp3) is 0.381. The summed E-state index contributed by atoms with van der Waals surface area (Å²) in [5.74, 6) is 0.131. The van der Waals surface area contributed by atoms with Gasteiger partial charge in [0.15, 0.2) is 6.61 Å². The number of ether oxygens (including phenoxy) is 1. The standard InChI is InChI=1S/C21H25ClFN3O2/c1-25-10-12-26(13-11-25)20(16-2-6-18(23)7-3-16)14-24-21(27)15-28-19-8-4-17(22)5-9-19/h2-9,20H,10-15H2,1H3,(H,24,27)/t20-/m1/s1. The Labute approximate surface area is 170 Å². The first-order valence-electron chi connectivity index (χ1n) is 9.34. The summed E-state index contributed by atoms with van der Waals surface area (Å²) in [6, 6.07) is 13.4. The van der Waals surface area contributed by atoms with Gasteiger partial charge in [0.2, 0.25) is 0 Å². The van der Waals surface area contributed by atoms with Gasteiger partial charge in [-0.25, -0.2) is 4.39 Å². The second-order valence-corrected chi connectivity index (χ2v) is 7.39. The van der Waals surface area contributed by atoms with Crippen molar-refractivity contribution in [1.82, 2.24) is 15.1 Å². The Morgan fingerprint density at radius 1 is 1.11 bits per heavy atom. The molecule has 0 saturated carbocycles. The number of likely N-dealkylation sites (N-methyl/N-ethyl adjacent to an activating group) is 1. The Hall–Kier alpha value is -2.15. The minimum atomic E-state index is -0.263. The van der Waals surface area contributed by atoms with Gasteiger partial charge in [0.25, 0.3) is 5.91 Å². The van der Waals surface area contributed by atoms with E-state index in [4.69, 9.17) is 16.3 Å². The molecule has 7 heteroatoms. The van der Waals surface area contributed by atoms with E-state index >= 15 is 0 Å². The second kappa shape index (κ2) is 9.87. The van der Waals surface area contributed by atoms with Crippen molar-refractivity contribution in [3.05, 3.63) is 64.9 Å². The zero-order chi connectivity index (χ0) is 19.9. The molecule has 3 rings (SSSR count). The summed E-state index contributed by atoms with van der Waals surface area (Å²) in [4.78, 5) is 16.9. The van der Waals surface area contributed by atoms with Crippen molar-refractivity contribution in [1.29, 1.82) is 0 Å². The summed E-state index contributed by atoms with van der Waals surface area (Å²) in [7, 11) is 2.10. The molecule has 0 unspecified atom stereocenters. The highest BCUT2D eigenvalue weighted by Crippen LogP contribution is 2.22. The molecule has 1 atom stereocenters. The number of amides is 1. The van der Waals surface area contributed by atoms with E-state index in [-0.39, 0.29) is 24.4 Å². The van der Waals surface area contributed by atoms with Gasteiger partial charge in [-0.05, 0) is 49.0 Å². The minimum Gasteiger partial charge on any atom is -0.484 e. The number of carbonyl (C=O) groups excluding carboxylic acids is 1. The normalized spacial score (nSPS) is 16.5. The van der Waals surface area contributed by atoms with Crippen LogP contribution in [0.4, 0.5) is 4.39 Å². The van der Waals surface area contributed by atoms with Crippen LogP contribution in [-0.4, -0.2) is 62.1 Å². The summed E-state index contributed by atoms with van der Waals surface area (Å²) in [6.07, 6.45) is 0. The average Bonchev–Trinajstić information content (AvgIpc) is 2.70. The average molecular weight is 406 g/mol. The maximum absolute atomic E-state index is 13.3. The predicted molar refractivity (Wildman–Crippen MR) is 108 cm³/mol. The van der Waals surface area contributed by atoms with Crippen LogP contribution >= 0.6 is 11.6 Å². The molecule has 28 heavy (non-hydrogen) atoms. The van der Waals surface area contributed by atoms with Gasteiger partial charge < -0.3 is 15.0 Å². The van der Waals surface area contributed by atoms with Crippen molar-refractivity contribution in [2.45, 2.75) is 6.04 Å². The van der Waals surface area contributed by atoms with Crippen molar-refractivity contribution in [2.75, 3.05) is 46.4 Å². The monoisotopic (exact) mass is 405 g/mol. The molecule has 1 aliphatic heterocycles. The number of nitrogens with zero attached hydrogens (tertiary/aromatic N) is 2. The van der Waals surface area contributed by atoms with Crippen LogP contribution in [0.5, 0.6) is 5.75 Å². The van der Waals surface area contributed by atoms with E-state index in [1.54, 1.807) is 36.4 Å². The number of carbonyl (C=O) groups is 1. The topological polar surface area (TPSA) is 44.8 Å². The number of piperazine rings is 1. The number of benzene rings is 2.